The summed E-state index contributed by atoms with van der Waals surface area (Å²) in [6.07, 6.45) is 1.52. The molecule has 0 aromatic heterocycles. The molecule has 0 aromatic rings. The molecular weight excluding hydrogens is 130 g/mol. The molecule has 3 heteroatoms. The van der Waals surface area contributed by atoms with E-state index in [0.717, 1.165) is 12.8 Å². The van der Waals surface area contributed by atoms with Crippen molar-refractivity contribution in [2.24, 2.45) is 11.3 Å². The van der Waals surface area contributed by atoms with Gasteiger partial charge in [0, 0.05) is 11.3 Å². The largest absolute Gasteiger partial charge is 0.296 e. The second-order valence-electron chi connectivity index (χ2n) is 3.48. The highest BCUT2D eigenvalue weighted by Gasteiger charge is 2.54. The molecule has 3 fully saturated rings. The van der Waals surface area contributed by atoms with Crippen LogP contribution in [0.1, 0.15) is 19.8 Å². The van der Waals surface area contributed by atoms with E-state index >= 15 is 0 Å². The van der Waals surface area contributed by atoms with Crippen LogP contribution in [-0.4, -0.2) is 11.8 Å². The van der Waals surface area contributed by atoms with E-state index in [4.69, 9.17) is 0 Å². The molecule has 2 aliphatic heterocycles. The summed E-state index contributed by atoms with van der Waals surface area (Å²) in [5, 5.41) is 2.34. The molecule has 3 aliphatic rings. The number of fused-ring (bicyclic) bond motifs is 2. The van der Waals surface area contributed by atoms with E-state index in [2.05, 4.69) is 5.32 Å². The maximum atomic E-state index is 11.0. The zero-order chi connectivity index (χ0) is 7.35. The highest BCUT2D eigenvalue weighted by atomic mass is 16.2. The normalized spacial score (nSPS) is 44.3. The van der Waals surface area contributed by atoms with Crippen molar-refractivity contribution >= 4 is 11.8 Å². The van der Waals surface area contributed by atoms with Crippen molar-refractivity contribution in [3.63, 3.8) is 0 Å². The van der Waals surface area contributed by atoms with Gasteiger partial charge in [-0.3, -0.25) is 14.9 Å². The highest BCUT2D eigenvalue weighted by molar-refractivity contribution is 6.04. The van der Waals surface area contributed by atoms with Gasteiger partial charge < -0.3 is 0 Å². The van der Waals surface area contributed by atoms with Gasteiger partial charge in [0.15, 0.2) is 0 Å². The van der Waals surface area contributed by atoms with Crippen LogP contribution in [0.25, 0.3) is 0 Å². The number of rotatable bonds is 0. The van der Waals surface area contributed by atoms with Crippen molar-refractivity contribution in [3.8, 4) is 0 Å². The molecule has 3 nitrogen and oxygen atoms in total. The fourth-order valence-electron chi connectivity index (χ4n) is 1.76. The Bertz CT molecular complexity index is 216. The topological polar surface area (TPSA) is 46.2 Å². The number of hydrogen-bond donors (Lipinski definition) is 1. The summed E-state index contributed by atoms with van der Waals surface area (Å²) >= 11 is 0. The first-order valence-electron chi connectivity index (χ1n) is 3.47. The van der Waals surface area contributed by atoms with E-state index in [9.17, 15) is 9.59 Å². The Labute approximate surface area is 58.8 Å². The van der Waals surface area contributed by atoms with Gasteiger partial charge in [0.25, 0.3) is 0 Å². The Balaban J connectivity index is 2.27. The minimum Gasteiger partial charge on any atom is -0.296 e. The predicted octanol–water partition coefficient (Wildman–Crippen LogP) is 0.0591. The minimum absolute atomic E-state index is 0.0753. The summed E-state index contributed by atoms with van der Waals surface area (Å²) in [5.41, 5.74) is -0.210. The van der Waals surface area contributed by atoms with Crippen LogP contribution in [0.2, 0.25) is 0 Å². The fourth-order valence-corrected chi connectivity index (χ4v) is 1.76. The van der Waals surface area contributed by atoms with E-state index in [-0.39, 0.29) is 23.1 Å². The van der Waals surface area contributed by atoms with E-state index in [1.54, 1.807) is 0 Å². The van der Waals surface area contributed by atoms with Crippen molar-refractivity contribution in [2.45, 2.75) is 19.8 Å². The predicted molar refractivity (Wildman–Crippen MR) is 34.0 cm³/mol. The summed E-state index contributed by atoms with van der Waals surface area (Å²) in [6.45, 7) is 1.91. The van der Waals surface area contributed by atoms with Crippen molar-refractivity contribution in [1.82, 2.24) is 5.32 Å². The third-order valence-electron chi connectivity index (χ3n) is 2.55. The zero-order valence-corrected chi connectivity index (χ0v) is 5.81. The summed E-state index contributed by atoms with van der Waals surface area (Å²) in [7, 11) is 0. The molecule has 0 aromatic carbocycles. The molecule has 2 amide bonds. The molecule has 2 bridgehead atoms. The lowest BCUT2D eigenvalue weighted by atomic mass is 9.60. The molecule has 0 atom stereocenters. The third kappa shape index (κ3) is 0.503. The minimum atomic E-state index is -0.210. The van der Waals surface area contributed by atoms with Gasteiger partial charge in [-0.05, 0) is 12.8 Å². The maximum Gasteiger partial charge on any atom is 0.232 e. The molecule has 1 aliphatic carbocycles. The van der Waals surface area contributed by atoms with Crippen LogP contribution in [-0.2, 0) is 9.59 Å². The van der Waals surface area contributed by atoms with Gasteiger partial charge in [0.05, 0.1) is 0 Å². The second-order valence-corrected chi connectivity index (χ2v) is 3.48. The number of piperidine rings is 2. The van der Waals surface area contributed by atoms with E-state index in [1.807, 2.05) is 6.92 Å². The molecule has 0 radical (unpaired) electrons. The fraction of sp³-hybridized carbons (Fsp3) is 0.714. The Morgan fingerprint density at radius 1 is 1.50 bits per heavy atom. The first kappa shape index (κ1) is 5.89. The van der Waals surface area contributed by atoms with Crippen molar-refractivity contribution in [1.29, 1.82) is 0 Å². The third-order valence-corrected chi connectivity index (χ3v) is 2.55. The molecule has 10 heavy (non-hydrogen) atoms. The first-order valence-corrected chi connectivity index (χ1v) is 3.47. The van der Waals surface area contributed by atoms with Crippen molar-refractivity contribution in [3.05, 3.63) is 0 Å². The van der Waals surface area contributed by atoms with Crippen LogP contribution in [0.15, 0.2) is 0 Å². The van der Waals surface area contributed by atoms with Gasteiger partial charge in [-0.15, -0.1) is 0 Å². The Morgan fingerprint density at radius 2 is 2.10 bits per heavy atom. The Morgan fingerprint density at radius 3 is 2.50 bits per heavy atom. The molecule has 2 saturated heterocycles. The lowest BCUT2D eigenvalue weighted by Gasteiger charge is -2.47. The van der Waals surface area contributed by atoms with Crippen molar-refractivity contribution in [2.75, 3.05) is 0 Å². The molecular formula is C7H9NO2. The molecule has 0 unspecified atom stereocenters. The van der Waals surface area contributed by atoms with Crippen LogP contribution in [0.4, 0.5) is 0 Å². The summed E-state index contributed by atoms with van der Waals surface area (Å²) in [4.78, 5) is 21.9. The van der Waals surface area contributed by atoms with Crippen LogP contribution < -0.4 is 5.32 Å². The molecule has 1 N–H and O–H groups in total. The summed E-state index contributed by atoms with van der Waals surface area (Å²) in [5.74, 6) is -0.0311. The van der Waals surface area contributed by atoms with Gasteiger partial charge in [-0.2, -0.15) is 0 Å². The van der Waals surface area contributed by atoms with Gasteiger partial charge >= 0.3 is 0 Å². The van der Waals surface area contributed by atoms with Crippen LogP contribution in [0, 0.1) is 11.3 Å². The number of nitrogens with one attached hydrogen (secondary N) is 1. The van der Waals surface area contributed by atoms with Crippen LogP contribution >= 0.6 is 0 Å². The number of hydrogen-bond acceptors (Lipinski definition) is 2. The smallest absolute Gasteiger partial charge is 0.232 e. The van der Waals surface area contributed by atoms with Crippen LogP contribution in [0.3, 0.4) is 0 Å². The molecule has 54 valence electrons. The molecule has 1 saturated carbocycles. The van der Waals surface area contributed by atoms with Crippen molar-refractivity contribution < 1.29 is 9.59 Å². The van der Waals surface area contributed by atoms with E-state index < -0.39 is 0 Å². The first-order chi connectivity index (χ1) is 4.62. The summed E-state index contributed by atoms with van der Waals surface area (Å²) < 4.78 is 0. The van der Waals surface area contributed by atoms with Gasteiger partial charge in [0.2, 0.25) is 11.8 Å². The summed E-state index contributed by atoms with van der Waals surface area (Å²) in [6, 6.07) is 0. The number of carbonyl (C=O) groups excluding carboxylic acids is 2. The average molecular weight is 139 g/mol. The van der Waals surface area contributed by atoms with Gasteiger partial charge in [0.1, 0.15) is 0 Å². The monoisotopic (exact) mass is 139 g/mol. The number of carbonyl (C=O) groups is 2. The lowest BCUT2D eigenvalue weighted by Crippen LogP contribution is -2.60. The zero-order valence-electron chi connectivity index (χ0n) is 5.81. The number of imide groups is 1. The Kier molecular flexibility index (Phi) is 0.832. The van der Waals surface area contributed by atoms with E-state index in [1.165, 1.54) is 0 Å². The highest BCUT2D eigenvalue weighted by Crippen LogP contribution is 2.48. The maximum absolute atomic E-state index is 11.0. The molecule has 0 spiro atoms. The Hall–Kier alpha value is -0.860. The average Bonchev–Trinajstić information content (AvgIpc) is 1.76. The van der Waals surface area contributed by atoms with Gasteiger partial charge in [-0.25, -0.2) is 0 Å². The lowest BCUT2D eigenvalue weighted by molar-refractivity contribution is -0.157. The molecule has 2 heterocycles. The SMILES string of the molecule is CC12CC(C1)C(=O)NC2=O. The number of amides is 2. The second kappa shape index (κ2) is 1.41. The quantitative estimate of drug-likeness (QED) is 0.482. The van der Waals surface area contributed by atoms with E-state index in [0.29, 0.717) is 0 Å². The standard InChI is InChI=1S/C7H9NO2/c1-7-2-4(3-7)5(9)8-6(7)10/h4H,2-3H2,1H3,(H,8,9,10). The van der Waals surface area contributed by atoms with Crippen LogP contribution in [0.5, 0.6) is 0 Å². The molecule has 3 rings (SSSR count). The van der Waals surface area contributed by atoms with Gasteiger partial charge in [-0.1, -0.05) is 6.92 Å².